The van der Waals surface area contributed by atoms with Crippen molar-refractivity contribution in [3.05, 3.63) is 23.8 Å². The third kappa shape index (κ3) is 1.54. The molecule has 0 heterocycles. The quantitative estimate of drug-likeness (QED) is 0.564. The Kier molecular flexibility index (Phi) is 1.93. The summed E-state index contributed by atoms with van der Waals surface area (Å²) in [5, 5.41) is 9.62. The predicted octanol–water partition coefficient (Wildman–Crippen LogP) is 2.28. The molecule has 1 heteroatoms. The van der Waals surface area contributed by atoms with Crippen LogP contribution in [-0.2, 0) is 0 Å². The van der Waals surface area contributed by atoms with Gasteiger partial charge < -0.3 is 5.11 Å². The van der Waals surface area contributed by atoms with E-state index in [0.29, 0.717) is 0 Å². The summed E-state index contributed by atoms with van der Waals surface area (Å²) in [6.07, 6.45) is 2.55. The Bertz CT molecular complexity index is 211. The van der Waals surface area contributed by atoms with Crippen molar-refractivity contribution in [1.82, 2.24) is 0 Å². The van der Waals surface area contributed by atoms with Crippen molar-refractivity contribution in [1.29, 1.82) is 0 Å². The topological polar surface area (TPSA) is 20.2 Å². The maximum absolute atomic E-state index is 9.62. The average molecular weight is 152 g/mol. The number of allylic oxidation sites excluding steroid dienone is 1. The Labute approximate surface area is 68.4 Å². The van der Waals surface area contributed by atoms with Crippen molar-refractivity contribution in [2.24, 2.45) is 5.41 Å². The van der Waals surface area contributed by atoms with E-state index in [-0.39, 0.29) is 11.5 Å². The summed E-state index contributed by atoms with van der Waals surface area (Å²) in [5.41, 5.74) is 2.21. The van der Waals surface area contributed by atoms with Gasteiger partial charge in [-0.25, -0.2) is 0 Å². The van der Waals surface area contributed by atoms with Crippen molar-refractivity contribution in [2.75, 3.05) is 0 Å². The van der Waals surface area contributed by atoms with Crippen molar-refractivity contribution in [2.45, 2.75) is 33.3 Å². The van der Waals surface area contributed by atoms with Crippen LogP contribution in [0.25, 0.3) is 0 Å². The maximum Gasteiger partial charge on any atom is 0.0665 e. The van der Waals surface area contributed by atoms with E-state index in [4.69, 9.17) is 0 Å². The fraction of sp³-hybridized carbons (Fsp3) is 0.600. The summed E-state index contributed by atoms with van der Waals surface area (Å²) in [6.45, 7) is 10.0. The van der Waals surface area contributed by atoms with Gasteiger partial charge in [0.1, 0.15) is 0 Å². The fourth-order valence-electron chi connectivity index (χ4n) is 1.41. The highest BCUT2D eigenvalue weighted by Crippen LogP contribution is 2.35. The van der Waals surface area contributed by atoms with E-state index < -0.39 is 0 Å². The molecule has 0 aromatic rings. The summed E-state index contributed by atoms with van der Waals surface area (Å²) in [4.78, 5) is 0. The Balaban J connectivity index is 2.96. The van der Waals surface area contributed by atoms with Gasteiger partial charge in [0, 0.05) is 5.41 Å². The van der Waals surface area contributed by atoms with E-state index in [1.165, 1.54) is 5.57 Å². The molecule has 0 saturated carbocycles. The monoisotopic (exact) mass is 152 g/mol. The number of rotatable bonds is 0. The molecule has 0 bridgehead atoms. The van der Waals surface area contributed by atoms with E-state index in [1.807, 2.05) is 13.8 Å². The van der Waals surface area contributed by atoms with E-state index in [1.54, 1.807) is 0 Å². The van der Waals surface area contributed by atoms with Gasteiger partial charge in [0.2, 0.25) is 0 Å². The molecule has 0 spiro atoms. The minimum absolute atomic E-state index is 0.0781. The van der Waals surface area contributed by atoms with Crippen LogP contribution in [0.2, 0.25) is 0 Å². The molecule has 0 amide bonds. The van der Waals surface area contributed by atoms with Crippen LogP contribution in [-0.4, -0.2) is 11.2 Å². The van der Waals surface area contributed by atoms with Crippen LogP contribution >= 0.6 is 0 Å². The molecule has 1 aliphatic rings. The second kappa shape index (κ2) is 2.49. The molecule has 62 valence electrons. The zero-order valence-corrected chi connectivity index (χ0v) is 7.52. The standard InChI is InChI=1S/C10H16O/c1-7-5-9(11)10(3,4)6-8(7)2/h6,9,11H,1,5H2,2-4H3. The molecule has 1 unspecified atom stereocenters. The molecule has 1 nitrogen and oxygen atoms in total. The minimum Gasteiger partial charge on any atom is -0.392 e. The van der Waals surface area contributed by atoms with Gasteiger partial charge >= 0.3 is 0 Å². The molecule has 1 N–H and O–H groups in total. The Morgan fingerprint density at radius 3 is 2.64 bits per heavy atom. The first-order valence-corrected chi connectivity index (χ1v) is 3.99. The van der Waals surface area contributed by atoms with E-state index in [0.717, 1.165) is 12.0 Å². The molecule has 0 aromatic carbocycles. The molecule has 0 saturated heterocycles. The highest BCUT2D eigenvalue weighted by Gasteiger charge is 2.29. The first-order valence-electron chi connectivity index (χ1n) is 3.99. The lowest BCUT2D eigenvalue weighted by atomic mass is 9.76. The van der Waals surface area contributed by atoms with Gasteiger partial charge in [-0.05, 0) is 18.9 Å². The van der Waals surface area contributed by atoms with Crippen LogP contribution in [0.3, 0.4) is 0 Å². The zero-order valence-electron chi connectivity index (χ0n) is 7.52. The summed E-state index contributed by atoms with van der Waals surface area (Å²) < 4.78 is 0. The smallest absolute Gasteiger partial charge is 0.0665 e. The lowest BCUT2D eigenvalue weighted by Crippen LogP contribution is -2.31. The van der Waals surface area contributed by atoms with Crippen molar-refractivity contribution >= 4 is 0 Å². The number of hydrogen-bond acceptors (Lipinski definition) is 1. The molecule has 0 radical (unpaired) electrons. The predicted molar refractivity (Wildman–Crippen MR) is 47.3 cm³/mol. The lowest BCUT2D eigenvalue weighted by molar-refractivity contribution is 0.0777. The molecule has 1 atom stereocenters. The van der Waals surface area contributed by atoms with Crippen LogP contribution < -0.4 is 0 Å². The van der Waals surface area contributed by atoms with Gasteiger partial charge in [0.25, 0.3) is 0 Å². The number of aliphatic hydroxyl groups is 1. The van der Waals surface area contributed by atoms with E-state index in [2.05, 4.69) is 19.6 Å². The van der Waals surface area contributed by atoms with Crippen molar-refractivity contribution < 1.29 is 5.11 Å². The number of hydrogen-bond donors (Lipinski definition) is 1. The maximum atomic E-state index is 9.62. The van der Waals surface area contributed by atoms with Crippen LogP contribution in [0.15, 0.2) is 23.8 Å². The van der Waals surface area contributed by atoms with Gasteiger partial charge in [-0.2, -0.15) is 0 Å². The first kappa shape index (κ1) is 8.54. The zero-order chi connectivity index (χ0) is 8.65. The lowest BCUT2D eigenvalue weighted by Gasteiger charge is -2.33. The summed E-state index contributed by atoms with van der Waals surface area (Å²) >= 11 is 0. The fourth-order valence-corrected chi connectivity index (χ4v) is 1.41. The SMILES string of the molecule is C=C1CC(O)C(C)(C)C=C1C. The van der Waals surface area contributed by atoms with Crippen molar-refractivity contribution in [3.63, 3.8) is 0 Å². The molecular formula is C10H16O. The summed E-state index contributed by atoms with van der Waals surface area (Å²) in [5.74, 6) is 0. The Morgan fingerprint density at radius 1 is 1.64 bits per heavy atom. The van der Waals surface area contributed by atoms with Crippen LogP contribution in [0.5, 0.6) is 0 Å². The van der Waals surface area contributed by atoms with Gasteiger partial charge in [0.15, 0.2) is 0 Å². The Hall–Kier alpha value is -0.560. The molecular weight excluding hydrogens is 136 g/mol. The Morgan fingerprint density at radius 2 is 2.18 bits per heavy atom. The van der Waals surface area contributed by atoms with Crippen LogP contribution in [0, 0.1) is 5.41 Å². The number of aliphatic hydroxyl groups excluding tert-OH is 1. The highest BCUT2D eigenvalue weighted by molar-refractivity contribution is 5.32. The van der Waals surface area contributed by atoms with Crippen LogP contribution in [0.1, 0.15) is 27.2 Å². The molecule has 1 rings (SSSR count). The second-order valence-corrected chi connectivity index (χ2v) is 3.97. The highest BCUT2D eigenvalue weighted by atomic mass is 16.3. The van der Waals surface area contributed by atoms with Crippen molar-refractivity contribution in [3.8, 4) is 0 Å². The molecule has 0 aromatic heterocycles. The van der Waals surface area contributed by atoms with Gasteiger partial charge in [-0.1, -0.05) is 32.1 Å². The summed E-state index contributed by atoms with van der Waals surface area (Å²) in [7, 11) is 0. The molecule has 0 fully saturated rings. The summed E-state index contributed by atoms with van der Waals surface area (Å²) in [6, 6.07) is 0. The third-order valence-corrected chi connectivity index (χ3v) is 2.44. The van der Waals surface area contributed by atoms with Gasteiger partial charge in [-0.3, -0.25) is 0 Å². The first-order chi connectivity index (χ1) is 4.93. The van der Waals surface area contributed by atoms with E-state index in [9.17, 15) is 5.11 Å². The molecule has 0 aliphatic heterocycles. The van der Waals surface area contributed by atoms with E-state index >= 15 is 0 Å². The van der Waals surface area contributed by atoms with Gasteiger partial charge in [-0.15, -0.1) is 0 Å². The normalized spacial score (nSPS) is 30.0. The van der Waals surface area contributed by atoms with Gasteiger partial charge in [0.05, 0.1) is 6.10 Å². The minimum atomic E-state index is -0.265. The largest absolute Gasteiger partial charge is 0.392 e. The average Bonchev–Trinajstić information content (AvgIpc) is 1.83. The third-order valence-electron chi connectivity index (χ3n) is 2.44. The molecule has 1 aliphatic carbocycles. The second-order valence-electron chi connectivity index (χ2n) is 3.97. The van der Waals surface area contributed by atoms with Crippen LogP contribution in [0.4, 0.5) is 0 Å². The molecule has 11 heavy (non-hydrogen) atoms.